The number of aryl methyl sites for hydroxylation is 1. The van der Waals surface area contributed by atoms with E-state index in [-0.39, 0.29) is 5.41 Å². The third-order valence-electron chi connectivity index (χ3n) is 3.30. The molecule has 0 bridgehead atoms. The summed E-state index contributed by atoms with van der Waals surface area (Å²) in [5.41, 5.74) is 4.35. The van der Waals surface area contributed by atoms with Crippen LogP contribution < -0.4 is 0 Å². The third-order valence-corrected chi connectivity index (χ3v) is 3.65. The Kier molecular flexibility index (Phi) is 4.68. The van der Waals surface area contributed by atoms with Crippen molar-refractivity contribution in [2.24, 2.45) is 0 Å². The predicted molar refractivity (Wildman–Crippen MR) is 80.2 cm³/mol. The van der Waals surface area contributed by atoms with E-state index in [1.54, 1.807) is 0 Å². The van der Waals surface area contributed by atoms with Crippen LogP contribution in [0, 0.1) is 6.92 Å². The number of benzene rings is 1. The van der Waals surface area contributed by atoms with Crippen LogP contribution in [0.5, 0.6) is 0 Å². The molecule has 0 aliphatic heterocycles. The lowest BCUT2D eigenvalue weighted by Gasteiger charge is -2.27. The molecule has 1 rings (SSSR count). The van der Waals surface area contributed by atoms with Gasteiger partial charge in [0.05, 0.1) is 0 Å². The Morgan fingerprint density at radius 1 is 1.24 bits per heavy atom. The van der Waals surface area contributed by atoms with Crippen LogP contribution >= 0.6 is 12.6 Å². The first-order valence-electron chi connectivity index (χ1n) is 6.15. The molecule has 0 heterocycles. The van der Waals surface area contributed by atoms with Gasteiger partial charge in [-0.05, 0) is 43.1 Å². The molecule has 0 N–H and O–H groups in total. The van der Waals surface area contributed by atoms with Crippen molar-refractivity contribution in [3.05, 3.63) is 34.9 Å². The van der Waals surface area contributed by atoms with Crippen molar-refractivity contribution in [3.63, 3.8) is 0 Å². The first-order valence-corrected chi connectivity index (χ1v) is 6.79. The van der Waals surface area contributed by atoms with E-state index in [1.807, 2.05) is 0 Å². The molecule has 0 aromatic heterocycles. The minimum absolute atomic E-state index is 0.204. The fraction of sp³-hybridized carbons (Fsp3) is 0.600. The lowest BCUT2D eigenvalue weighted by atomic mass is 9.84. The molecule has 1 nitrogen and oxygen atoms in total. The van der Waals surface area contributed by atoms with Crippen molar-refractivity contribution >= 4 is 12.6 Å². The number of rotatable bonds is 3. The Balaban J connectivity index is 3.23. The molecule has 0 saturated carbocycles. The molecule has 1 atom stereocenters. The third kappa shape index (κ3) is 3.49. The molecule has 1 unspecified atom stereocenters. The average Bonchev–Trinajstić information content (AvgIpc) is 2.19. The lowest BCUT2D eigenvalue weighted by molar-refractivity contribution is 0.325. The molecule has 0 amide bonds. The summed E-state index contributed by atoms with van der Waals surface area (Å²) in [4.78, 5) is 2.24. The number of hydrogen-bond acceptors (Lipinski definition) is 2. The summed E-state index contributed by atoms with van der Waals surface area (Å²) in [6.45, 7) is 8.95. The van der Waals surface area contributed by atoms with E-state index >= 15 is 0 Å². The zero-order valence-corrected chi connectivity index (χ0v) is 12.8. The van der Waals surface area contributed by atoms with E-state index in [0.717, 1.165) is 5.75 Å². The summed E-state index contributed by atoms with van der Waals surface area (Å²) in [6, 6.07) is 7.21. The average molecular weight is 251 g/mol. The van der Waals surface area contributed by atoms with Gasteiger partial charge in [0.2, 0.25) is 0 Å². The van der Waals surface area contributed by atoms with Crippen LogP contribution in [0.25, 0.3) is 0 Å². The topological polar surface area (TPSA) is 3.24 Å². The minimum Gasteiger partial charge on any atom is -0.302 e. The van der Waals surface area contributed by atoms with Gasteiger partial charge in [-0.2, -0.15) is 12.6 Å². The Bertz CT molecular complexity index is 377. The van der Waals surface area contributed by atoms with E-state index in [9.17, 15) is 0 Å². The second-order valence-corrected chi connectivity index (χ2v) is 6.35. The second kappa shape index (κ2) is 5.45. The normalized spacial score (nSPS) is 14.1. The lowest BCUT2D eigenvalue weighted by Crippen LogP contribution is -2.23. The quantitative estimate of drug-likeness (QED) is 0.799. The van der Waals surface area contributed by atoms with Crippen molar-refractivity contribution in [2.45, 2.75) is 39.2 Å². The van der Waals surface area contributed by atoms with E-state index in [0.29, 0.717) is 6.04 Å². The van der Waals surface area contributed by atoms with Gasteiger partial charge in [0.15, 0.2) is 0 Å². The highest BCUT2D eigenvalue weighted by Gasteiger charge is 2.19. The SMILES string of the molecule is Cc1ccc(C(C)(C)C)cc1C(CS)N(C)C. The largest absolute Gasteiger partial charge is 0.302 e. The second-order valence-electron chi connectivity index (χ2n) is 5.98. The molecular formula is C15H25NS. The smallest absolute Gasteiger partial charge is 0.0432 e. The van der Waals surface area contributed by atoms with Gasteiger partial charge in [-0.3, -0.25) is 0 Å². The van der Waals surface area contributed by atoms with Gasteiger partial charge in [0.25, 0.3) is 0 Å². The highest BCUT2D eigenvalue weighted by molar-refractivity contribution is 7.80. The number of nitrogens with zero attached hydrogens (tertiary/aromatic N) is 1. The van der Waals surface area contributed by atoms with Crippen molar-refractivity contribution in [2.75, 3.05) is 19.8 Å². The monoisotopic (exact) mass is 251 g/mol. The highest BCUT2D eigenvalue weighted by Crippen LogP contribution is 2.29. The van der Waals surface area contributed by atoms with Crippen molar-refractivity contribution in [3.8, 4) is 0 Å². The first-order chi connectivity index (χ1) is 7.77. The molecule has 0 spiro atoms. The standard InChI is InChI=1S/C15H25NS/c1-11-7-8-12(15(2,3)4)9-13(11)14(10-17)16(5)6/h7-9,14,17H,10H2,1-6H3. The van der Waals surface area contributed by atoms with Crippen LogP contribution in [0.2, 0.25) is 0 Å². The molecule has 0 fully saturated rings. The van der Waals surface area contributed by atoms with Crippen LogP contribution in [0.3, 0.4) is 0 Å². The van der Waals surface area contributed by atoms with E-state index in [4.69, 9.17) is 0 Å². The van der Waals surface area contributed by atoms with Crippen LogP contribution in [-0.2, 0) is 5.41 Å². The van der Waals surface area contributed by atoms with Gasteiger partial charge in [-0.25, -0.2) is 0 Å². The Hall–Kier alpha value is -0.470. The van der Waals surface area contributed by atoms with E-state index in [1.165, 1.54) is 16.7 Å². The fourth-order valence-corrected chi connectivity index (χ4v) is 2.53. The van der Waals surface area contributed by atoms with Crippen LogP contribution in [0.4, 0.5) is 0 Å². The van der Waals surface area contributed by atoms with Gasteiger partial charge in [0, 0.05) is 11.8 Å². The maximum Gasteiger partial charge on any atom is 0.0432 e. The van der Waals surface area contributed by atoms with Gasteiger partial charge < -0.3 is 4.90 Å². The molecule has 2 heteroatoms. The van der Waals surface area contributed by atoms with Gasteiger partial charge >= 0.3 is 0 Å². The molecule has 0 aliphatic carbocycles. The van der Waals surface area contributed by atoms with E-state index in [2.05, 4.69) is 77.5 Å². The minimum atomic E-state index is 0.204. The molecule has 1 aromatic carbocycles. The molecule has 1 aromatic rings. The van der Waals surface area contributed by atoms with Gasteiger partial charge in [0.1, 0.15) is 0 Å². The molecule has 0 saturated heterocycles. The first kappa shape index (κ1) is 14.6. The highest BCUT2D eigenvalue weighted by atomic mass is 32.1. The van der Waals surface area contributed by atoms with Crippen LogP contribution in [0.1, 0.15) is 43.5 Å². The molecular weight excluding hydrogens is 226 g/mol. The summed E-state index contributed by atoms with van der Waals surface area (Å²) >= 11 is 4.48. The summed E-state index contributed by atoms with van der Waals surface area (Å²) in [5, 5.41) is 0. The van der Waals surface area contributed by atoms with Crippen LogP contribution in [0.15, 0.2) is 18.2 Å². The fourth-order valence-electron chi connectivity index (χ4n) is 2.01. The summed E-state index contributed by atoms with van der Waals surface area (Å²) in [6.07, 6.45) is 0. The molecule has 96 valence electrons. The molecule has 0 radical (unpaired) electrons. The van der Waals surface area contributed by atoms with Crippen molar-refractivity contribution in [1.29, 1.82) is 0 Å². The zero-order valence-electron chi connectivity index (χ0n) is 11.9. The number of thiol groups is 1. The van der Waals surface area contributed by atoms with Gasteiger partial charge in [-0.15, -0.1) is 0 Å². The Labute approximate surface area is 112 Å². The summed E-state index contributed by atoms with van der Waals surface area (Å²) < 4.78 is 0. The van der Waals surface area contributed by atoms with E-state index < -0.39 is 0 Å². The van der Waals surface area contributed by atoms with Gasteiger partial charge in [-0.1, -0.05) is 39.0 Å². The maximum atomic E-state index is 4.48. The summed E-state index contributed by atoms with van der Waals surface area (Å²) in [7, 11) is 4.23. The number of hydrogen-bond donors (Lipinski definition) is 1. The Morgan fingerprint density at radius 2 is 1.82 bits per heavy atom. The van der Waals surface area contributed by atoms with Crippen LogP contribution in [-0.4, -0.2) is 24.7 Å². The van der Waals surface area contributed by atoms with Crippen molar-refractivity contribution in [1.82, 2.24) is 4.90 Å². The zero-order chi connectivity index (χ0) is 13.2. The molecule has 17 heavy (non-hydrogen) atoms. The van der Waals surface area contributed by atoms with Crippen molar-refractivity contribution < 1.29 is 0 Å². The summed E-state index contributed by atoms with van der Waals surface area (Å²) in [5.74, 6) is 0.849. The maximum absolute atomic E-state index is 4.48. The predicted octanol–water partition coefficient (Wildman–Crippen LogP) is 3.83. The molecule has 0 aliphatic rings. The Morgan fingerprint density at radius 3 is 2.24 bits per heavy atom.